The summed E-state index contributed by atoms with van der Waals surface area (Å²) in [5.41, 5.74) is 0.996. The normalized spacial score (nSPS) is 10.4. The number of ether oxygens (including phenoxy) is 2. The lowest BCUT2D eigenvalue weighted by molar-refractivity contribution is -0.385. The van der Waals surface area contributed by atoms with E-state index in [0.717, 1.165) is 23.1 Å². The van der Waals surface area contributed by atoms with E-state index in [1.54, 1.807) is 25.1 Å². The molecule has 2 aromatic carbocycles. The number of benzene rings is 2. The Balaban J connectivity index is 1.55. The number of amides is 2. The maximum absolute atomic E-state index is 12.4. The summed E-state index contributed by atoms with van der Waals surface area (Å²) in [5.74, 6) is 0.304. The molecule has 3 rings (SSSR count). The van der Waals surface area contributed by atoms with Crippen molar-refractivity contribution in [2.24, 2.45) is 0 Å². The molecule has 0 atom stereocenters. The number of anilines is 2. The van der Waals surface area contributed by atoms with Gasteiger partial charge in [0.1, 0.15) is 0 Å². The summed E-state index contributed by atoms with van der Waals surface area (Å²) < 4.78 is 10.9. The van der Waals surface area contributed by atoms with Gasteiger partial charge in [-0.15, -0.1) is 10.2 Å². The van der Waals surface area contributed by atoms with Gasteiger partial charge < -0.3 is 14.8 Å². The summed E-state index contributed by atoms with van der Waals surface area (Å²) in [6.45, 7) is 1.59. The minimum absolute atomic E-state index is 0.0705. The van der Waals surface area contributed by atoms with Gasteiger partial charge in [-0.3, -0.25) is 25.0 Å². The number of nitrogens with zero attached hydrogens (tertiary/aromatic N) is 3. The molecule has 0 aliphatic carbocycles. The molecule has 2 N–H and O–H groups in total. The Bertz CT molecular complexity index is 1200. The van der Waals surface area contributed by atoms with E-state index < -0.39 is 10.8 Å². The first-order valence-corrected chi connectivity index (χ1v) is 11.2. The molecule has 0 fully saturated rings. The fourth-order valence-corrected chi connectivity index (χ4v) is 4.22. The van der Waals surface area contributed by atoms with Gasteiger partial charge >= 0.3 is 0 Å². The highest BCUT2D eigenvalue weighted by atomic mass is 32.2. The number of aromatic nitrogens is 2. The fourth-order valence-electron chi connectivity index (χ4n) is 2.67. The summed E-state index contributed by atoms with van der Waals surface area (Å²) in [7, 11) is 3.03. The van der Waals surface area contributed by atoms with Crippen molar-refractivity contribution in [1.29, 1.82) is 0 Å². The van der Waals surface area contributed by atoms with Gasteiger partial charge in [-0.1, -0.05) is 29.2 Å². The number of nitrogens with one attached hydrogen (secondary N) is 2. The van der Waals surface area contributed by atoms with Gasteiger partial charge in [0, 0.05) is 28.9 Å². The van der Waals surface area contributed by atoms with Crippen LogP contribution in [0.15, 0.2) is 40.7 Å². The number of aryl methyl sites for hydroxylation is 1. The van der Waals surface area contributed by atoms with Crippen molar-refractivity contribution in [3.05, 3.63) is 57.6 Å². The highest BCUT2D eigenvalue weighted by Gasteiger charge is 2.17. The van der Waals surface area contributed by atoms with Gasteiger partial charge in [0.2, 0.25) is 11.0 Å². The Labute approximate surface area is 196 Å². The Kier molecular flexibility index (Phi) is 7.79. The summed E-state index contributed by atoms with van der Waals surface area (Å²) in [5, 5.41) is 24.4. The molecule has 0 saturated carbocycles. The number of thioether (sulfide) groups is 1. The van der Waals surface area contributed by atoms with Gasteiger partial charge in [0.25, 0.3) is 11.6 Å². The van der Waals surface area contributed by atoms with Crippen LogP contribution >= 0.6 is 23.1 Å². The summed E-state index contributed by atoms with van der Waals surface area (Å²) in [6, 6.07) is 9.23. The van der Waals surface area contributed by atoms with Gasteiger partial charge in [-0.2, -0.15) is 0 Å². The largest absolute Gasteiger partial charge is 0.493 e. The zero-order chi connectivity index (χ0) is 24.0. The second-order valence-electron chi connectivity index (χ2n) is 6.49. The molecule has 3 aromatic rings. The third-order valence-electron chi connectivity index (χ3n) is 4.29. The van der Waals surface area contributed by atoms with Gasteiger partial charge in [-0.05, 0) is 25.1 Å². The smallest absolute Gasteiger partial charge is 0.273 e. The summed E-state index contributed by atoms with van der Waals surface area (Å²) in [4.78, 5) is 35.2. The Morgan fingerprint density at radius 2 is 1.85 bits per heavy atom. The van der Waals surface area contributed by atoms with Crippen molar-refractivity contribution in [3.8, 4) is 11.5 Å². The number of nitro benzene ring substituents is 1. The highest BCUT2D eigenvalue weighted by molar-refractivity contribution is 8.01. The molecule has 0 saturated heterocycles. The van der Waals surface area contributed by atoms with Crippen molar-refractivity contribution in [1.82, 2.24) is 10.2 Å². The standard InChI is InChI=1S/C20H19N5O6S2/c1-11-4-5-12(8-14(11)25(28)29)18(27)22-19-23-24-20(33-19)32-10-17(26)21-13-6-7-15(30-2)16(9-13)31-3/h4-9H,10H2,1-3H3,(H,21,26)(H,22,23,27). The number of nitro groups is 1. The van der Waals surface area contributed by atoms with Crippen LogP contribution in [0.25, 0.3) is 0 Å². The minimum Gasteiger partial charge on any atom is -0.493 e. The molecular formula is C20H19N5O6S2. The lowest BCUT2D eigenvalue weighted by atomic mass is 10.1. The second kappa shape index (κ2) is 10.7. The molecule has 2 amide bonds. The van der Waals surface area contributed by atoms with E-state index in [1.165, 1.54) is 32.4 Å². The zero-order valence-electron chi connectivity index (χ0n) is 17.8. The Morgan fingerprint density at radius 1 is 1.09 bits per heavy atom. The van der Waals surface area contributed by atoms with Crippen LogP contribution in [0, 0.1) is 17.0 Å². The van der Waals surface area contributed by atoms with Crippen LogP contribution in [0.2, 0.25) is 0 Å². The molecule has 0 aliphatic rings. The summed E-state index contributed by atoms with van der Waals surface area (Å²) in [6.07, 6.45) is 0. The molecule has 0 unspecified atom stereocenters. The quantitative estimate of drug-likeness (QED) is 0.198. The molecule has 33 heavy (non-hydrogen) atoms. The molecule has 0 aliphatic heterocycles. The third kappa shape index (κ3) is 6.17. The van der Waals surface area contributed by atoms with Crippen molar-refractivity contribution >= 4 is 51.4 Å². The van der Waals surface area contributed by atoms with Crippen molar-refractivity contribution in [3.63, 3.8) is 0 Å². The number of hydrogen-bond acceptors (Lipinski definition) is 10. The highest BCUT2D eigenvalue weighted by Crippen LogP contribution is 2.30. The maximum Gasteiger partial charge on any atom is 0.273 e. The molecule has 1 heterocycles. The van der Waals surface area contributed by atoms with Gasteiger partial charge in [0.15, 0.2) is 15.8 Å². The van der Waals surface area contributed by atoms with E-state index in [1.807, 2.05) is 0 Å². The monoisotopic (exact) mass is 489 g/mol. The van der Waals surface area contributed by atoms with E-state index in [0.29, 0.717) is 27.1 Å². The average Bonchev–Trinajstić information content (AvgIpc) is 3.24. The predicted octanol–water partition coefficient (Wildman–Crippen LogP) is 3.76. The SMILES string of the molecule is COc1ccc(NC(=O)CSc2nnc(NC(=O)c3ccc(C)c([N+](=O)[O-])c3)s2)cc1OC. The average molecular weight is 490 g/mol. The molecule has 13 heteroatoms. The molecule has 0 radical (unpaired) electrons. The number of rotatable bonds is 9. The van der Waals surface area contributed by atoms with E-state index >= 15 is 0 Å². The topological polar surface area (TPSA) is 146 Å². The van der Waals surface area contributed by atoms with Crippen LogP contribution in [-0.4, -0.2) is 46.9 Å². The van der Waals surface area contributed by atoms with Crippen LogP contribution < -0.4 is 20.1 Å². The Hall–Kier alpha value is -3.71. The first-order chi connectivity index (χ1) is 15.8. The van der Waals surface area contributed by atoms with Gasteiger partial charge in [0.05, 0.1) is 24.9 Å². The molecule has 0 bridgehead atoms. The lowest BCUT2D eigenvalue weighted by Crippen LogP contribution is -2.14. The third-order valence-corrected chi connectivity index (χ3v) is 6.26. The van der Waals surface area contributed by atoms with Crippen molar-refractivity contribution in [2.45, 2.75) is 11.3 Å². The van der Waals surface area contributed by atoms with Crippen LogP contribution in [-0.2, 0) is 4.79 Å². The zero-order valence-corrected chi connectivity index (χ0v) is 19.4. The van der Waals surface area contributed by atoms with Crippen LogP contribution in [0.5, 0.6) is 11.5 Å². The van der Waals surface area contributed by atoms with E-state index in [2.05, 4.69) is 20.8 Å². The number of hydrogen-bond donors (Lipinski definition) is 2. The number of carbonyl (C=O) groups is 2. The van der Waals surface area contributed by atoms with Crippen molar-refractivity contribution in [2.75, 3.05) is 30.6 Å². The summed E-state index contributed by atoms with van der Waals surface area (Å²) >= 11 is 2.24. The molecular weight excluding hydrogens is 470 g/mol. The van der Waals surface area contributed by atoms with E-state index in [4.69, 9.17) is 9.47 Å². The molecule has 0 spiro atoms. The fraction of sp³-hybridized carbons (Fsp3) is 0.200. The predicted molar refractivity (Wildman–Crippen MR) is 125 cm³/mol. The first-order valence-electron chi connectivity index (χ1n) is 9.35. The lowest BCUT2D eigenvalue weighted by Gasteiger charge is -2.10. The van der Waals surface area contributed by atoms with Gasteiger partial charge in [-0.25, -0.2) is 0 Å². The number of methoxy groups -OCH3 is 2. The first kappa shape index (κ1) is 23.9. The van der Waals surface area contributed by atoms with Crippen LogP contribution in [0.4, 0.5) is 16.5 Å². The van der Waals surface area contributed by atoms with E-state index in [-0.39, 0.29) is 28.0 Å². The minimum atomic E-state index is -0.544. The molecule has 172 valence electrons. The number of carbonyl (C=O) groups excluding carboxylic acids is 2. The Morgan fingerprint density at radius 3 is 2.55 bits per heavy atom. The molecule has 1 aromatic heterocycles. The van der Waals surface area contributed by atoms with Crippen LogP contribution in [0.1, 0.15) is 15.9 Å². The molecule has 11 nitrogen and oxygen atoms in total. The second-order valence-corrected chi connectivity index (χ2v) is 8.69. The van der Waals surface area contributed by atoms with E-state index in [9.17, 15) is 19.7 Å². The van der Waals surface area contributed by atoms with Crippen molar-refractivity contribution < 1.29 is 24.0 Å². The van der Waals surface area contributed by atoms with Crippen LogP contribution in [0.3, 0.4) is 0 Å². The maximum atomic E-state index is 12.4.